The highest BCUT2D eigenvalue weighted by molar-refractivity contribution is 6.01. The van der Waals surface area contributed by atoms with Gasteiger partial charge in [-0.1, -0.05) is 84.9 Å². The van der Waals surface area contributed by atoms with Crippen molar-refractivity contribution in [3.8, 4) is 28.0 Å². The molecule has 212 valence electrons. The van der Waals surface area contributed by atoms with Gasteiger partial charge in [-0.3, -0.25) is 4.79 Å². The lowest BCUT2D eigenvalue weighted by Gasteiger charge is -2.46. The third-order valence-electron chi connectivity index (χ3n) is 7.38. The minimum Gasteiger partial charge on any atom is -0.462 e. The van der Waals surface area contributed by atoms with Gasteiger partial charge in [0.15, 0.2) is 0 Å². The normalized spacial score (nSPS) is 21.7. The van der Waals surface area contributed by atoms with Crippen molar-refractivity contribution >= 4 is 5.91 Å². The van der Waals surface area contributed by atoms with E-state index in [9.17, 15) is 15.0 Å². The molecule has 0 saturated carbocycles. The van der Waals surface area contributed by atoms with Gasteiger partial charge in [0.1, 0.15) is 24.1 Å². The molecule has 1 saturated heterocycles. The molecular weight excluding hydrogens is 518 g/mol. The van der Waals surface area contributed by atoms with Gasteiger partial charge in [-0.2, -0.15) is 0 Å². The summed E-state index contributed by atoms with van der Waals surface area (Å²) in [5.74, 6) is 0.0498. The molecule has 0 aliphatic carbocycles. The van der Waals surface area contributed by atoms with Crippen LogP contribution in [0, 0.1) is 0 Å². The number of aliphatic hydroxyl groups is 2. The molecule has 0 spiro atoms. The first-order chi connectivity index (χ1) is 19.8. The highest BCUT2D eigenvalue weighted by atomic mass is 16.7. The van der Waals surface area contributed by atoms with E-state index in [-0.39, 0.29) is 5.91 Å². The maximum atomic E-state index is 13.5. The van der Waals surface area contributed by atoms with Crippen molar-refractivity contribution in [2.24, 2.45) is 0 Å². The zero-order valence-corrected chi connectivity index (χ0v) is 23.4. The molecule has 41 heavy (non-hydrogen) atoms. The smallest absolute Gasteiger partial charge is 0.252 e. The second-order valence-electron chi connectivity index (χ2n) is 10.7. The summed E-state index contributed by atoms with van der Waals surface area (Å²) in [5.41, 5.74) is 4.24. The zero-order chi connectivity index (χ0) is 29.0. The summed E-state index contributed by atoms with van der Waals surface area (Å²) in [6, 6.07) is 33.0. The maximum absolute atomic E-state index is 13.5. The molecule has 4 aromatic rings. The summed E-state index contributed by atoms with van der Waals surface area (Å²) in [6.07, 6.45) is -4.47. The van der Waals surface area contributed by atoms with Gasteiger partial charge in [-0.15, -0.1) is 0 Å². The predicted molar refractivity (Wildman–Crippen MR) is 157 cm³/mol. The molecule has 5 rings (SSSR count). The lowest BCUT2D eigenvalue weighted by Crippen LogP contribution is -2.63. The highest BCUT2D eigenvalue weighted by Gasteiger charge is 2.50. The molecule has 1 aliphatic rings. The Hall–Kier alpha value is -4.01. The minimum absolute atomic E-state index is 0.272. The topological polar surface area (TPSA) is 97.3 Å². The van der Waals surface area contributed by atoms with Crippen molar-refractivity contribution in [2.75, 3.05) is 7.11 Å². The number of hydrogen-bond acceptors (Lipinski definition) is 6. The molecule has 0 bridgehead atoms. The van der Waals surface area contributed by atoms with E-state index >= 15 is 0 Å². The van der Waals surface area contributed by atoms with Crippen LogP contribution in [0.1, 0.15) is 29.8 Å². The van der Waals surface area contributed by atoms with Crippen molar-refractivity contribution in [3.05, 3.63) is 114 Å². The second kappa shape index (κ2) is 12.2. The van der Waals surface area contributed by atoms with Crippen LogP contribution >= 0.6 is 0 Å². The van der Waals surface area contributed by atoms with Crippen LogP contribution in [0.5, 0.6) is 5.75 Å². The number of amides is 1. The average molecular weight is 554 g/mol. The Morgan fingerprint density at radius 3 is 2.10 bits per heavy atom. The monoisotopic (exact) mass is 553 g/mol. The fourth-order valence-corrected chi connectivity index (χ4v) is 5.22. The molecule has 0 unspecified atom stereocenters. The molecule has 1 fully saturated rings. The van der Waals surface area contributed by atoms with E-state index in [2.05, 4.69) is 17.4 Å². The number of carbonyl (C=O) groups excluding carboxylic acids is 1. The quantitative estimate of drug-likeness (QED) is 0.278. The first kappa shape index (κ1) is 28.5. The third kappa shape index (κ3) is 6.34. The summed E-state index contributed by atoms with van der Waals surface area (Å²) < 4.78 is 17.4. The molecule has 3 N–H and O–H groups in total. The third-order valence-corrected chi connectivity index (χ3v) is 7.38. The van der Waals surface area contributed by atoms with Gasteiger partial charge in [0.05, 0.1) is 11.2 Å². The summed E-state index contributed by atoms with van der Waals surface area (Å²) in [5, 5.41) is 24.4. The van der Waals surface area contributed by atoms with E-state index < -0.39 is 30.2 Å². The van der Waals surface area contributed by atoms with Crippen LogP contribution in [0.2, 0.25) is 0 Å². The van der Waals surface area contributed by atoms with Crippen LogP contribution in [0.15, 0.2) is 103 Å². The number of methoxy groups -OCH3 is 1. The Labute approximate surface area is 240 Å². The van der Waals surface area contributed by atoms with Crippen molar-refractivity contribution in [1.82, 2.24) is 5.32 Å². The lowest BCUT2D eigenvalue weighted by atomic mass is 9.89. The molecule has 4 atom stereocenters. The van der Waals surface area contributed by atoms with Gasteiger partial charge in [0.2, 0.25) is 6.29 Å². The van der Waals surface area contributed by atoms with Crippen LogP contribution in [-0.2, 0) is 16.0 Å². The standard InChI is InChI=1S/C34H35NO6/c1-34(2)31(39-3)29(36)30(37)33(41-34)40-26-18-19-27(25-16-14-24(15-17-25)23-12-8-5-9-13-23)28(20-26)32(38)35-21-22-10-6-4-7-11-22/h4-20,29-31,33,36-37H,21H2,1-3H3,(H,35,38)/t29-,30+,31+,33+/m0/s1. The Morgan fingerprint density at radius 1 is 0.829 bits per heavy atom. The van der Waals surface area contributed by atoms with Gasteiger partial charge in [-0.05, 0) is 59.9 Å². The van der Waals surface area contributed by atoms with Gasteiger partial charge < -0.3 is 29.7 Å². The van der Waals surface area contributed by atoms with E-state index in [0.29, 0.717) is 17.9 Å². The first-order valence-corrected chi connectivity index (χ1v) is 13.6. The van der Waals surface area contributed by atoms with Crippen LogP contribution in [0.25, 0.3) is 22.3 Å². The van der Waals surface area contributed by atoms with Crippen LogP contribution < -0.4 is 10.1 Å². The van der Waals surface area contributed by atoms with E-state index in [1.54, 1.807) is 26.0 Å². The van der Waals surface area contributed by atoms with Crippen LogP contribution in [-0.4, -0.2) is 53.4 Å². The Morgan fingerprint density at radius 2 is 1.44 bits per heavy atom. The van der Waals surface area contributed by atoms with E-state index in [4.69, 9.17) is 14.2 Å². The number of aliphatic hydroxyl groups excluding tert-OH is 2. The Balaban J connectivity index is 1.44. The van der Waals surface area contributed by atoms with Crippen LogP contribution in [0.4, 0.5) is 0 Å². The highest BCUT2D eigenvalue weighted by Crippen LogP contribution is 2.34. The van der Waals surface area contributed by atoms with Gasteiger partial charge in [0, 0.05) is 13.7 Å². The first-order valence-electron chi connectivity index (χ1n) is 13.6. The van der Waals surface area contributed by atoms with E-state index in [1.807, 2.05) is 78.9 Å². The van der Waals surface area contributed by atoms with E-state index in [1.165, 1.54) is 7.11 Å². The van der Waals surface area contributed by atoms with E-state index in [0.717, 1.165) is 27.8 Å². The Bertz CT molecular complexity index is 1460. The van der Waals surface area contributed by atoms with Gasteiger partial charge >= 0.3 is 0 Å². The molecule has 0 aromatic heterocycles. The Kier molecular flexibility index (Phi) is 8.52. The maximum Gasteiger partial charge on any atom is 0.252 e. The van der Waals surface area contributed by atoms with Crippen molar-refractivity contribution in [3.63, 3.8) is 0 Å². The number of nitrogens with one attached hydrogen (secondary N) is 1. The molecule has 1 amide bonds. The largest absolute Gasteiger partial charge is 0.462 e. The minimum atomic E-state index is -1.35. The summed E-state index contributed by atoms with van der Waals surface area (Å²) >= 11 is 0. The summed E-state index contributed by atoms with van der Waals surface area (Å²) in [7, 11) is 1.46. The van der Waals surface area contributed by atoms with Crippen molar-refractivity contribution < 1.29 is 29.2 Å². The molecular formula is C34H35NO6. The van der Waals surface area contributed by atoms with Crippen molar-refractivity contribution in [2.45, 2.75) is 50.6 Å². The second-order valence-corrected chi connectivity index (χ2v) is 10.7. The molecule has 1 heterocycles. The average Bonchev–Trinajstić information content (AvgIpc) is 2.99. The lowest BCUT2D eigenvalue weighted by molar-refractivity contribution is -0.305. The fraction of sp³-hybridized carbons (Fsp3) is 0.265. The van der Waals surface area contributed by atoms with Crippen LogP contribution in [0.3, 0.4) is 0 Å². The zero-order valence-electron chi connectivity index (χ0n) is 23.4. The number of carbonyl (C=O) groups is 1. The molecule has 1 aliphatic heterocycles. The SMILES string of the molecule is CO[C@@H]1[C@@H](O)[C@@H](O)[C@H](Oc2ccc(-c3ccc(-c4ccccc4)cc3)c(C(=O)NCc3ccccc3)c2)OC1(C)C. The number of ether oxygens (including phenoxy) is 3. The predicted octanol–water partition coefficient (Wildman–Crippen LogP) is 5.20. The van der Waals surface area contributed by atoms with Crippen molar-refractivity contribution in [1.29, 1.82) is 0 Å². The number of benzene rings is 4. The molecule has 0 radical (unpaired) electrons. The molecule has 7 nitrogen and oxygen atoms in total. The number of hydrogen-bond donors (Lipinski definition) is 3. The molecule has 4 aromatic carbocycles. The fourth-order valence-electron chi connectivity index (χ4n) is 5.22. The number of rotatable bonds is 8. The molecule has 7 heteroatoms. The summed E-state index contributed by atoms with van der Waals surface area (Å²) in [6.45, 7) is 3.88. The summed E-state index contributed by atoms with van der Waals surface area (Å²) in [4.78, 5) is 13.5. The van der Waals surface area contributed by atoms with Gasteiger partial charge in [0.25, 0.3) is 5.91 Å². The van der Waals surface area contributed by atoms with Gasteiger partial charge in [-0.25, -0.2) is 0 Å².